The summed E-state index contributed by atoms with van der Waals surface area (Å²) in [6.07, 6.45) is 4.73. The molecule has 1 N–H and O–H groups in total. The summed E-state index contributed by atoms with van der Waals surface area (Å²) < 4.78 is 0. The summed E-state index contributed by atoms with van der Waals surface area (Å²) in [5, 5.41) is 11.8. The lowest BCUT2D eigenvalue weighted by Crippen LogP contribution is -2.59. The Hall–Kier alpha value is -2.91. The van der Waals surface area contributed by atoms with Crippen LogP contribution in [0.2, 0.25) is 0 Å². The number of amides is 1. The van der Waals surface area contributed by atoms with Crippen molar-refractivity contribution in [3.8, 4) is 11.1 Å². The second kappa shape index (κ2) is 8.32. The molecule has 0 aromatic heterocycles. The fourth-order valence-electron chi connectivity index (χ4n) is 5.65. The summed E-state index contributed by atoms with van der Waals surface area (Å²) >= 11 is 0. The minimum absolute atomic E-state index is 0.0821. The molecule has 2 fully saturated rings. The minimum atomic E-state index is -0.852. The summed E-state index contributed by atoms with van der Waals surface area (Å²) in [5.74, 6) is 0.170. The van der Waals surface area contributed by atoms with Gasteiger partial charge in [-0.25, -0.2) is 0 Å². The van der Waals surface area contributed by atoms with Gasteiger partial charge in [0, 0.05) is 24.1 Å². The summed E-state index contributed by atoms with van der Waals surface area (Å²) in [6, 6.07) is 28.3. The molecule has 3 aromatic carbocycles. The fraction of sp³-hybridized carbons (Fsp3) is 0.321. The first-order valence-electron chi connectivity index (χ1n) is 11.4. The number of carbonyl (C=O) groups excluding carboxylic acids is 1. The third-order valence-electron chi connectivity index (χ3n) is 7.23. The van der Waals surface area contributed by atoms with E-state index in [2.05, 4.69) is 18.2 Å². The first-order valence-corrected chi connectivity index (χ1v) is 11.4. The number of hydrogen-bond donors (Lipinski definition) is 1. The number of aliphatic hydroxyl groups is 1. The molecule has 2 aliphatic rings. The first kappa shape index (κ1) is 20.0. The SMILES string of the molecule is O=C(c1cccc(-c2ccccc2)c1)N1CC[C@@](O)(c2ccccc2)[C@@H]2CCCC[C@@H]21. The summed E-state index contributed by atoms with van der Waals surface area (Å²) in [5.41, 5.74) is 3.05. The topological polar surface area (TPSA) is 40.5 Å². The van der Waals surface area contributed by atoms with E-state index in [4.69, 9.17) is 0 Å². The van der Waals surface area contributed by atoms with Crippen molar-refractivity contribution in [2.24, 2.45) is 5.92 Å². The lowest BCUT2D eigenvalue weighted by atomic mass is 9.66. The van der Waals surface area contributed by atoms with Crippen LogP contribution in [0.5, 0.6) is 0 Å². The van der Waals surface area contributed by atoms with E-state index in [1.165, 1.54) is 0 Å². The number of nitrogens with zero attached hydrogens (tertiary/aromatic N) is 1. The van der Waals surface area contributed by atoms with E-state index in [0.717, 1.165) is 47.9 Å². The number of piperidine rings is 1. The smallest absolute Gasteiger partial charge is 0.254 e. The average Bonchev–Trinajstić information content (AvgIpc) is 2.85. The Morgan fingerprint density at radius 2 is 1.52 bits per heavy atom. The van der Waals surface area contributed by atoms with E-state index in [0.29, 0.717) is 13.0 Å². The van der Waals surface area contributed by atoms with Gasteiger partial charge in [0.1, 0.15) is 0 Å². The quantitative estimate of drug-likeness (QED) is 0.605. The van der Waals surface area contributed by atoms with Gasteiger partial charge in [0.05, 0.1) is 5.60 Å². The molecule has 1 aliphatic heterocycles. The van der Waals surface area contributed by atoms with Gasteiger partial charge >= 0.3 is 0 Å². The van der Waals surface area contributed by atoms with Gasteiger partial charge in [0.25, 0.3) is 5.91 Å². The number of benzene rings is 3. The third-order valence-corrected chi connectivity index (χ3v) is 7.23. The molecular formula is C28H29NO2. The zero-order valence-corrected chi connectivity index (χ0v) is 17.8. The number of hydrogen-bond acceptors (Lipinski definition) is 2. The Balaban J connectivity index is 1.44. The van der Waals surface area contributed by atoms with E-state index in [9.17, 15) is 9.90 Å². The van der Waals surface area contributed by atoms with Gasteiger partial charge in [-0.1, -0.05) is 85.6 Å². The molecule has 0 bridgehead atoms. The Kier molecular flexibility index (Phi) is 5.37. The van der Waals surface area contributed by atoms with Crippen LogP contribution in [0.1, 0.15) is 48.0 Å². The lowest BCUT2D eigenvalue weighted by molar-refractivity contribution is -0.110. The van der Waals surface area contributed by atoms with Crippen LogP contribution in [-0.2, 0) is 5.60 Å². The van der Waals surface area contributed by atoms with Crippen LogP contribution < -0.4 is 0 Å². The maximum atomic E-state index is 13.6. The fourth-order valence-corrected chi connectivity index (χ4v) is 5.65. The zero-order valence-electron chi connectivity index (χ0n) is 17.8. The van der Waals surface area contributed by atoms with Gasteiger partial charge in [-0.15, -0.1) is 0 Å². The predicted molar refractivity (Wildman–Crippen MR) is 124 cm³/mol. The van der Waals surface area contributed by atoms with Crippen LogP contribution in [0.15, 0.2) is 84.9 Å². The molecule has 0 unspecified atom stereocenters. The third kappa shape index (κ3) is 3.68. The summed E-state index contributed by atoms with van der Waals surface area (Å²) in [4.78, 5) is 15.7. The molecule has 1 heterocycles. The Bertz CT molecular complexity index is 1050. The van der Waals surface area contributed by atoms with Gasteiger partial charge < -0.3 is 10.0 Å². The molecule has 3 heteroatoms. The van der Waals surface area contributed by atoms with Gasteiger partial charge in [-0.3, -0.25) is 4.79 Å². The van der Waals surface area contributed by atoms with Gasteiger partial charge in [-0.2, -0.15) is 0 Å². The molecule has 1 amide bonds. The number of fused-ring (bicyclic) bond motifs is 1. The van der Waals surface area contributed by atoms with E-state index in [1.807, 2.05) is 71.6 Å². The number of carbonyl (C=O) groups is 1. The highest BCUT2D eigenvalue weighted by Crippen LogP contribution is 2.47. The maximum Gasteiger partial charge on any atom is 0.254 e. The summed E-state index contributed by atoms with van der Waals surface area (Å²) in [7, 11) is 0. The van der Waals surface area contributed by atoms with Crippen molar-refractivity contribution in [3.05, 3.63) is 96.1 Å². The van der Waals surface area contributed by atoms with Crippen LogP contribution in [0.25, 0.3) is 11.1 Å². The van der Waals surface area contributed by atoms with Gasteiger partial charge in [-0.05, 0) is 48.1 Å². The second-order valence-electron chi connectivity index (χ2n) is 8.94. The van der Waals surface area contributed by atoms with Crippen LogP contribution in [0.4, 0.5) is 0 Å². The van der Waals surface area contributed by atoms with Crippen molar-refractivity contribution in [1.29, 1.82) is 0 Å². The molecule has 3 aromatic rings. The lowest BCUT2D eigenvalue weighted by Gasteiger charge is -2.52. The second-order valence-corrected chi connectivity index (χ2v) is 8.94. The molecule has 0 radical (unpaired) electrons. The molecule has 3 nitrogen and oxygen atoms in total. The number of rotatable bonds is 3. The molecule has 5 rings (SSSR count). The van der Waals surface area contributed by atoms with E-state index >= 15 is 0 Å². The highest BCUT2D eigenvalue weighted by atomic mass is 16.3. The van der Waals surface area contributed by atoms with Crippen molar-refractivity contribution in [1.82, 2.24) is 4.90 Å². The first-order chi connectivity index (χ1) is 15.2. The van der Waals surface area contributed by atoms with Gasteiger partial charge in [0.2, 0.25) is 0 Å². The van der Waals surface area contributed by atoms with Crippen molar-refractivity contribution < 1.29 is 9.90 Å². The predicted octanol–water partition coefficient (Wildman–Crippen LogP) is 5.65. The molecular weight excluding hydrogens is 382 g/mol. The van der Waals surface area contributed by atoms with Crippen molar-refractivity contribution >= 4 is 5.91 Å². The maximum absolute atomic E-state index is 13.6. The van der Waals surface area contributed by atoms with Crippen molar-refractivity contribution in [3.63, 3.8) is 0 Å². The molecule has 31 heavy (non-hydrogen) atoms. The molecule has 3 atom stereocenters. The normalized spacial score (nSPS) is 25.6. The van der Waals surface area contributed by atoms with Crippen molar-refractivity contribution in [2.45, 2.75) is 43.7 Å². The van der Waals surface area contributed by atoms with E-state index < -0.39 is 5.60 Å². The molecule has 1 saturated carbocycles. The highest BCUT2D eigenvalue weighted by molar-refractivity contribution is 5.95. The van der Waals surface area contributed by atoms with Crippen LogP contribution in [0, 0.1) is 5.92 Å². The Morgan fingerprint density at radius 3 is 2.29 bits per heavy atom. The minimum Gasteiger partial charge on any atom is -0.385 e. The average molecular weight is 412 g/mol. The Morgan fingerprint density at radius 1 is 0.839 bits per heavy atom. The zero-order chi connectivity index (χ0) is 21.3. The van der Waals surface area contributed by atoms with Crippen LogP contribution in [-0.4, -0.2) is 28.5 Å². The Labute approximate surface area is 184 Å². The molecule has 1 saturated heterocycles. The van der Waals surface area contributed by atoms with Crippen LogP contribution >= 0.6 is 0 Å². The van der Waals surface area contributed by atoms with E-state index in [1.54, 1.807) is 0 Å². The molecule has 1 aliphatic carbocycles. The standard InChI is InChI=1S/C28H29NO2/c30-27(23-13-9-12-22(20-23)21-10-3-1-4-11-21)29-19-18-28(31,24-14-5-2-6-15-24)25-16-7-8-17-26(25)29/h1-6,9-15,20,25-26,31H,7-8,16-19H2/t25-,26+,28-/m1/s1. The number of likely N-dealkylation sites (tertiary alicyclic amines) is 1. The van der Waals surface area contributed by atoms with Crippen LogP contribution in [0.3, 0.4) is 0 Å². The molecule has 158 valence electrons. The van der Waals surface area contributed by atoms with Gasteiger partial charge in [0.15, 0.2) is 0 Å². The summed E-state index contributed by atoms with van der Waals surface area (Å²) in [6.45, 7) is 0.584. The molecule has 0 spiro atoms. The monoisotopic (exact) mass is 411 g/mol. The van der Waals surface area contributed by atoms with E-state index in [-0.39, 0.29) is 17.9 Å². The van der Waals surface area contributed by atoms with Crippen molar-refractivity contribution in [2.75, 3.05) is 6.54 Å². The highest BCUT2D eigenvalue weighted by Gasteiger charge is 2.50. The largest absolute Gasteiger partial charge is 0.385 e.